The standard InChI is InChI=1S/C14H25N5/c1-3-8-15-13-12(4-2)14(17-11-16-13)18-19-9-6-5-7-10-19/h11H,3-10H2,1-2H3,(H2,15,16,17,18). The van der Waals surface area contributed by atoms with Gasteiger partial charge in [-0.2, -0.15) is 0 Å². The Kier molecular flexibility index (Phi) is 5.39. The predicted molar refractivity (Wildman–Crippen MR) is 79.2 cm³/mol. The van der Waals surface area contributed by atoms with Gasteiger partial charge in [0.25, 0.3) is 0 Å². The van der Waals surface area contributed by atoms with Gasteiger partial charge in [-0.05, 0) is 25.7 Å². The van der Waals surface area contributed by atoms with Crippen LogP contribution in [0.3, 0.4) is 0 Å². The normalized spacial score (nSPS) is 16.3. The second-order valence-corrected chi connectivity index (χ2v) is 4.99. The van der Waals surface area contributed by atoms with Crippen molar-refractivity contribution in [1.82, 2.24) is 15.0 Å². The summed E-state index contributed by atoms with van der Waals surface area (Å²) in [7, 11) is 0. The summed E-state index contributed by atoms with van der Waals surface area (Å²) in [4.78, 5) is 8.77. The zero-order chi connectivity index (χ0) is 13.5. The highest BCUT2D eigenvalue weighted by Crippen LogP contribution is 2.21. The second kappa shape index (κ2) is 7.28. The molecule has 0 atom stereocenters. The highest BCUT2D eigenvalue weighted by Gasteiger charge is 2.14. The fourth-order valence-corrected chi connectivity index (χ4v) is 2.39. The Bertz CT molecular complexity index is 387. The lowest BCUT2D eigenvalue weighted by atomic mass is 10.1. The molecule has 2 N–H and O–H groups in total. The third-order valence-corrected chi connectivity index (χ3v) is 3.46. The lowest BCUT2D eigenvalue weighted by Crippen LogP contribution is -2.35. The summed E-state index contributed by atoms with van der Waals surface area (Å²) in [6, 6.07) is 0. The van der Waals surface area contributed by atoms with E-state index in [2.05, 4.69) is 39.6 Å². The molecule has 2 heterocycles. The highest BCUT2D eigenvalue weighted by atomic mass is 15.5. The molecule has 0 bridgehead atoms. The first kappa shape index (κ1) is 14.1. The monoisotopic (exact) mass is 263 g/mol. The van der Waals surface area contributed by atoms with Crippen LogP contribution in [0.4, 0.5) is 11.6 Å². The molecule has 1 aromatic rings. The highest BCUT2D eigenvalue weighted by molar-refractivity contribution is 5.56. The van der Waals surface area contributed by atoms with Gasteiger partial charge in [0.05, 0.1) is 0 Å². The number of anilines is 2. The van der Waals surface area contributed by atoms with Crippen molar-refractivity contribution in [2.45, 2.75) is 46.0 Å². The maximum absolute atomic E-state index is 4.41. The van der Waals surface area contributed by atoms with Gasteiger partial charge in [0, 0.05) is 25.2 Å². The van der Waals surface area contributed by atoms with Gasteiger partial charge in [0.1, 0.15) is 18.0 Å². The molecule has 5 heteroatoms. The number of hydrogen-bond acceptors (Lipinski definition) is 5. The minimum Gasteiger partial charge on any atom is -0.370 e. The third kappa shape index (κ3) is 3.80. The molecular weight excluding hydrogens is 238 g/mol. The molecule has 1 aromatic heterocycles. The van der Waals surface area contributed by atoms with Crippen LogP contribution in [-0.2, 0) is 6.42 Å². The minimum atomic E-state index is 0.934. The molecule has 0 unspecified atom stereocenters. The molecule has 0 aliphatic carbocycles. The molecule has 1 aliphatic rings. The Morgan fingerprint density at radius 2 is 1.84 bits per heavy atom. The largest absolute Gasteiger partial charge is 0.370 e. The SMILES string of the molecule is CCCNc1ncnc(NN2CCCCC2)c1CC. The van der Waals surface area contributed by atoms with Crippen LogP contribution in [0.5, 0.6) is 0 Å². The number of rotatable bonds is 6. The second-order valence-electron chi connectivity index (χ2n) is 4.99. The van der Waals surface area contributed by atoms with Crippen LogP contribution < -0.4 is 10.7 Å². The van der Waals surface area contributed by atoms with Crippen molar-refractivity contribution in [3.8, 4) is 0 Å². The fourth-order valence-electron chi connectivity index (χ4n) is 2.39. The molecule has 2 rings (SSSR count). The summed E-state index contributed by atoms with van der Waals surface area (Å²) in [6.45, 7) is 7.47. The summed E-state index contributed by atoms with van der Waals surface area (Å²) in [5.41, 5.74) is 4.64. The molecule has 1 saturated heterocycles. The molecule has 106 valence electrons. The van der Waals surface area contributed by atoms with Gasteiger partial charge in [0.2, 0.25) is 0 Å². The summed E-state index contributed by atoms with van der Waals surface area (Å²) in [5.74, 6) is 1.93. The molecule has 1 aliphatic heterocycles. The van der Waals surface area contributed by atoms with E-state index in [1.807, 2.05) is 0 Å². The molecule has 5 nitrogen and oxygen atoms in total. The van der Waals surface area contributed by atoms with Crippen molar-refractivity contribution in [1.29, 1.82) is 0 Å². The van der Waals surface area contributed by atoms with Gasteiger partial charge in [-0.3, -0.25) is 0 Å². The fraction of sp³-hybridized carbons (Fsp3) is 0.714. The molecule has 0 radical (unpaired) electrons. The van der Waals surface area contributed by atoms with Crippen molar-refractivity contribution in [3.63, 3.8) is 0 Å². The number of hydrogen-bond donors (Lipinski definition) is 2. The smallest absolute Gasteiger partial charge is 0.149 e. The topological polar surface area (TPSA) is 53.1 Å². The van der Waals surface area contributed by atoms with E-state index in [4.69, 9.17) is 0 Å². The van der Waals surface area contributed by atoms with E-state index < -0.39 is 0 Å². The summed E-state index contributed by atoms with van der Waals surface area (Å²) >= 11 is 0. The molecule has 0 amide bonds. The van der Waals surface area contributed by atoms with Crippen LogP contribution in [0.15, 0.2) is 6.33 Å². The van der Waals surface area contributed by atoms with E-state index >= 15 is 0 Å². The van der Waals surface area contributed by atoms with E-state index in [9.17, 15) is 0 Å². The number of hydrazine groups is 1. The third-order valence-electron chi connectivity index (χ3n) is 3.46. The van der Waals surface area contributed by atoms with Gasteiger partial charge >= 0.3 is 0 Å². The first-order valence-electron chi connectivity index (χ1n) is 7.44. The van der Waals surface area contributed by atoms with E-state index in [1.165, 1.54) is 24.8 Å². The van der Waals surface area contributed by atoms with Crippen LogP contribution in [0.2, 0.25) is 0 Å². The van der Waals surface area contributed by atoms with Gasteiger partial charge in [0.15, 0.2) is 0 Å². The predicted octanol–water partition coefficient (Wildman–Crippen LogP) is 2.67. The Hall–Kier alpha value is -1.36. The van der Waals surface area contributed by atoms with Crippen LogP contribution in [0, 0.1) is 0 Å². The van der Waals surface area contributed by atoms with E-state index in [0.717, 1.165) is 44.1 Å². The van der Waals surface area contributed by atoms with E-state index in [0.29, 0.717) is 0 Å². The molecule has 0 aromatic carbocycles. The van der Waals surface area contributed by atoms with Crippen molar-refractivity contribution in [2.75, 3.05) is 30.4 Å². The van der Waals surface area contributed by atoms with Crippen molar-refractivity contribution >= 4 is 11.6 Å². The van der Waals surface area contributed by atoms with Crippen LogP contribution >= 0.6 is 0 Å². The quantitative estimate of drug-likeness (QED) is 0.826. The number of nitrogens with one attached hydrogen (secondary N) is 2. The molecule has 0 saturated carbocycles. The Morgan fingerprint density at radius 3 is 2.53 bits per heavy atom. The van der Waals surface area contributed by atoms with Gasteiger partial charge in [-0.15, -0.1) is 0 Å². The molecule has 19 heavy (non-hydrogen) atoms. The van der Waals surface area contributed by atoms with Crippen molar-refractivity contribution < 1.29 is 0 Å². The zero-order valence-corrected chi connectivity index (χ0v) is 12.1. The van der Waals surface area contributed by atoms with Crippen LogP contribution in [0.1, 0.15) is 45.1 Å². The molecule has 0 spiro atoms. The number of aromatic nitrogens is 2. The maximum atomic E-state index is 4.41. The average Bonchev–Trinajstić information content (AvgIpc) is 2.46. The van der Waals surface area contributed by atoms with Gasteiger partial charge in [-0.25, -0.2) is 15.0 Å². The lowest BCUT2D eigenvalue weighted by molar-refractivity contribution is 0.272. The zero-order valence-electron chi connectivity index (χ0n) is 12.1. The Balaban J connectivity index is 2.09. The van der Waals surface area contributed by atoms with Gasteiger partial charge < -0.3 is 10.7 Å². The Labute approximate surface area is 115 Å². The molecular formula is C14H25N5. The van der Waals surface area contributed by atoms with E-state index in [1.54, 1.807) is 6.33 Å². The maximum Gasteiger partial charge on any atom is 0.149 e. The van der Waals surface area contributed by atoms with Crippen LogP contribution in [-0.4, -0.2) is 34.6 Å². The minimum absolute atomic E-state index is 0.934. The number of nitrogens with zero attached hydrogens (tertiary/aromatic N) is 3. The first-order valence-corrected chi connectivity index (χ1v) is 7.44. The summed E-state index contributed by atoms with van der Waals surface area (Å²) in [5, 5.41) is 5.65. The lowest BCUT2D eigenvalue weighted by Gasteiger charge is -2.28. The Morgan fingerprint density at radius 1 is 1.11 bits per heavy atom. The van der Waals surface area contributed by atoms with Gasteiger partial charge in [-0.1, -0.05) is 20.3 Å². The van der Waals surface area contributed by atoms with Crippen molar-refractivity contribution in [2.24, 2.45) is 0 Å². The average molecular weight is 263 g/mol. The number of piperidine rings is 1. The van der Waals surface area contributed by atoms with Crippen LogP contribution in [0.25, 0.3) is 0 Å². The van der Waals surface area contributed by atoms with E-state index in [-0.39, 0.29) is 0 Å². The first-order chi connectivity index (χ1) is 9.35. The molecule has 1 fully saturated rings. The summed E-state index contributed by atoms with van der Waals surface area (Å²) in [6.07, 6.45) is 7.54. The van der Waals surface area contributed by atoms with Crippen molar-refractivity contribution in [3.05, 3.63) is 11.9 Å². The summed E-state index contributed by atoms with van der Waals surface area (Å²) < 4.78 is 0.